The molecule has 4 nitrogen and oxygen atoms in total. The van der Waals surface area contributed by atoms with Crippen LogP contribution in [0, 0.1) is 19.8 Å². The Morgan fingerprint density at radius 3 is 2.45 bits per heavy atom. The Labute approximate surface area is 181 Å². The molecule has 0 radical (unpaired) electrons. The molecule has 1 heterocycles. The normalized spacial score (nSPS) is 15.9. The van der Waals surface area contributed by atoms with Crippen LogP contribution in [-0.2, 0) is 6.54 Å². The van der Waals surface area contributed by atoms with Crippen molar-refractivity contribution >= 4 is 21.8 Å². The van der Waals surface area contributed by atoms with Crippen LogP contribution in [0.1, 0.15) is 78.7 Å². The van der Waals surface area contributed by atoms with Crippen molar-refractivity contribution in [1.82, 2.24) is 9.88 Å². The fourth-order valence-corrected chi connectivity index (χ4v) is 5.00. The van der Waals surface area contributed by atoms with Gasteiger partial charge in [-0.15, -0.1) is 0 Å². The van der Waals surface area contributed by atoms with Crippen molar-refractivity contribution in [2.24, 2.45) is 5.92 Å². The Balaban J connectivity index is 1.99. The van der Waals surface area contributed by atoms with Gasteiger partial charge in [0.05, 0.1) is 16.1 Å². The Kier molecular flexibility index (Phi) is 7.33. The lowest BCUT2D eigenvalue weighted by Crippen LogP contribution is -2.37. The minimum absolute atomic E-state index is 0.00636. The van der Waals surface area contributed by atoms with Gasteiger partial charge in [0, 0.05) is 12.2 Å². The number of nitrogens with one attached hydrogen (secondary N) is 1. The van der Waals surface area contributed by atoms with Crippen LogP contribution in [0.2, 0.25) is 0 Å². The molecule has 3 rings (SSSR count). The summed E-state index contributed by atoms with van der Waals surface area (Å²) < 4.78 is 2.19. The minimum atomic E-state index is -0.0926. The highest BCUT2D eigenvalue weighted by Gasteiger charge is 2.29. The zero-order chi connectivity index (χ0) is 21.0. The summed E-state index contributed by atoms with van der Waals surface area (Å²) in [6.45, 7) is 6.37. The number of nitrogens with zero attached hydrogens (tertiary/aromatic N) is 1. The van der Waals surface area contributed by atoms with Crippen LogP contribution >= 0.6 is 15.9 Å². The van der Waals surface area contributed by atoms with Gasteiger partial charge in [0.1, 0.15) is 0 Å². The second kappa shape index (κ2) is 9.75. The van der Waals surface area contributed by atoms with Crippen LogP contribution in [0.25, 0.3) is 0 Å². The number of rotatable bonds is 6. The van der Waals surface area contributed by atoms with Crippen LogP contribution in [-0.4, -0.2) is 10.5 Å². The average Bonchev–Trinajstić information content (AvgIpc) is 2.75. The summed E-state index contributed by atoms with van der Waals surface area (Å²) in [5.74, 6) is 0.352. The molecular weight excluding hydrogens is 428 g/mol. The average molecular weight is 459 g/mol. The minimum Gasteiger partial charge on any atom is -0.345 e. The van der Waals surface area contributed by atoms with E-state index in [0.717, 1.165) is 30.5 Å². The Hall–Kier alpha value is -1.88. The summed E-state index contributed by atoms with van der Waals surface area (Å²) in [6.07, 6.45) is 6.82. The maximum absolute atomic E-state index is 13.5. The predicted molar refractivity (Wildman–Crippen MR) is 121 cm³/mol. The van der Waals surface area contributed by atoms with Crippen molar-refractivity contribution < 1.29 is 4.79 Å². The summed E-state index contributed by atoms with van der Waals surface area (Å²) >= 11 is 3.43. The fraction of sp³-hybridized carbons (Fsp3) is 0.500. The van der Waals surface area contributed by atoms with Crippen LogP contribution in [0.4, 0.5) is 0 Å². The highest BCUT2D eigenvalue weighted by molar-refractivity contribution is 9.10. The number of hydrogen-bond acceptors (Lipinski definition) is 2. The van der Waals surface area contributed by atoms with Gasteiger partial charge in [0.2, 0.25) is 0 Å². The number of halogens is 1. The molecule has 1 fully saturated rings. The Morgan fingerprint density at radius 1 is 1.17 bits per heavy atom. The van der Waals surface area contributed by atoms with Crippen LogP contribution in [0.5, 0.6) is 0 Å². The largest absolute Gasteiger partial charge is 0.345 e. The van der Waals surface area contributed by atoms with E-state index in [2.05, 4.69) is 33.4 Å². The van der Waals surface area contributed by atoms with E-state index in [1.807, 2.05) is 39.0 Å². The highest BCUT2D eigenvalue weighted by Crippen LogP contribution is 2.35. The first-order valence-electron chi connectivity index (χ1n) is 10.7. The second-order valence-corrected chi connectivity index (χ2v) is 8.91. The van der Waals surface area contributed by atoms with Crippen molar-refractivity contribution in [2.75, 3.05) is 0 Å². The van der Waals surface area contributed by atoms with Crippen LogP contribution in [0.3, 0.4) is 0 Å². The van der Waals surface area contributed by atoms with Gasteiger partial charge in [-0.05, 0) is 66.1 Å². The van der Waals surface area contributed by atoms with E-state index in [1.165, 1.54) is 19.3 Å². The predicted octanol–water partition coefficient (Wildman–Crippen LogP) is 5.69. The molecule has 29 heavy (non-hydrogen) atoms. The molecule has 1 amide bonds. The van der Waals surface area contributed by atoms with Gasteiger partial charge in [-0.25, -0.2) is 0 Å². The lowest BCUT2D eigenvalue weighted by atomic mass is 9.81. The molecule has 1 aromatic heterocycles. The quantitative estimate of drug-likeness (QED) is 0.604. The highest BCUT2D eigenvalue weighted by atomic mass is 79.9. The van der Waals surface area contributed by atoms with Gasteiger partial charge in [0.25, 0.3) is 11.5 Å². The maximum atomic E-state index is 13.5. The van der Waals surface area contributed by atoms with Crippen molar-refractivity contribution in [3.8, 4) is 0 Å². The van der Waals surface area contributed by atoms with Gasteiger partial charge in [-0.3, -0.25) is 9.59 Å². The lowest BCUT2D eigenvalue weighted by molar-refractivity contribution is 0.0910. The summed E-state index contributed by atoms with van der Waals surface area (Å²) in [5, 5.41) is 3.34. The maximum Gasteiger partial charge on any atom is 0.265 e. The molecule has 1 aliphatic rings. The van der Waals surface area contributed by atoms with Gasteiger partial charge < -0.3 is 9.88 Å². The molecule has 1 N–H and O–H groups in total. The molecule has 1 aromatic carbocycles. The lowest BCUT2D eigenvalue weighted by Gasteiger charge is -2.32. The molecule has 0 bridgehead atoms. The summed E-state index contributed by atoms with van der Waals surface area (Å²) in [4.78, 5) is 26.1. The summed E-state index contributed by atoms with van der Waals surface area (Å²) in [6, 6.07) is 10.3. The summed E-state index contributed by atoms with van der Waals surface area (Å²) in [5.41, 5.74) is 3.16. The number of amides is 1. The SMILES string of the molecule is CCCn1c(C)c(C(=O)N[C@H](c2ccccc2)C2CCCCC2)c(C)c(Br)c1=O. The van der Waals surface area contributed by atoms with E-state index < -0.39 is 0 Å². The number of pyridine rings is 1. The van der Waals surface area contributed by atoms with E-state index in [-0.39, 0.29) is 17.5 Å². The standard InChI is InChI=1S/C24H31BrN2O2/c1-4-15-27-17(3)20(16(2)21(25)24(27)29)23(28)26-22(18-11-7-5-8-12-18)19-13-9-6-10-14-19/h5,7-8,11-12,19,22H,4,6,9-10,13-15H2,1-3H3,(H,26,28)/t22-/m1/s1. The third-order valence-corrected chi connectivity index (χ3v) is 7.08. The zero-order valence-corrected chi connectivity index (χ0v) is 19.2. The Bertz CT molecular complexity index is 915. The number of carbonyl (C=O) groups is 1. The van der Waals surface area contributed by atoms with Crippen molar-refractivity contribution in [3.63, 3.8) is 0 Å². The molecule has 156 valence electrons. The van der Waals surface area contributed by atoms with E-state index in [9.17, 15) is 9.59 Å². The number of aromatic nitrogens is 1. The van der Waals surface area contributed by atoms with E-state index in [4.69, 9.17) is 0 Å². The number of hydrogen-bond donors (Lipinski definition) is 1. The molecule has 0 saturated heterocycles. The first kappa shape index (κ1) is 21.8. The molecule has 1 aliphatic carbocycles. The smallest absolute Gasteiger partial charge is 0.265 e. The van der Waals surface area contributed by atoms with Gasteiger partial charge in [-0.1, -0.05) is 56.5 Å². The number of benzene rings is 1. The third kappa shape index (κ3) is 4.66. The first-order valence-corrected chi connectivity index (χ1v) is 11.5. The molecule has 0 unspecified atom stereocenters. The molecule has 2 aromatic rings. The first-order chi connectivity index (χ1) is 14.0. The molecule has 1 saturated carbocycles. The van der Waals surface area contributed by atoms with E-state index in [0.29, 0.717) is 28.1 Å². The Morgan fingerprint density at radius 2 is 1.83 bits per heavy atom. The van der Waals surface area contributed by atoms with Crippen molar-refractivity contribution in [1.29, 1.82) is 0 Å². The fourth-order valence-electron chi connectivity index (χ4n) is 4.59. The topological polar surface area (TPSA) is 51.1 Å². The molecular formula is C24H31BrN2O2. The van der Waals surface area contributed by atoms with Crippen molar-refractivity contribution in [2.45, 2.75) is 71.9 Å². The molecule has 5 heteroatoms. The third-order valence-electron chi connectivity index (χ3n) is 6.14. The van der Waals surface area contributed by atoms with E-state index >= 15 is 0 Å². The second-order valence-electron chi connectivity index (χ2n) is 8.12. The summed E-state index contributed by atoms with van der Waals surface area (Å²) in [7, 11) is 0. The zero-order valence-electron chi connectivity index (χ0n) is 17.6. The van der Waals surface area contributed by atoms with Crippen molar-refractivity contribution in [3.05, 3.63) is 67.5 Å². The molecule has 0 aliphatic heterocycles. The van der Waals surface area contributed by atoms with Gasteiger partial charge in [0.15, 0.2) is 0 Å². The molecule has 1 atom stereocenters. The van der Waals surface area contributed by atoms with E-state index in [1.54, 1.807) is 4.57 Å². The van der Waals surface area contributed by atoms with Gasteiger partial charge >= 0.3 is 0 Å². The number of carbonyl (C=O) groups excluding carboxylic acids is 1. The van der Waals surface area contributed by atoms with Gasteiger partial charge in [-0.2, -0.15) is 0 Å². The van der Waals surface area contributed by atoms with Crippen LogP contribution < -0.4 is 10.9 Å². The van der Waals surface area contributed by atoms with Crippen LogP contribution in [0.15, 0.2) is 39.6 Å². The molecule has 0 spiro atoms. The monoisotopic (exact) mass is 458 g/mol.